The first kappa shape index (κ1) is 23.1. The number of benzene rings is 2. The Morgan fingerprint density at radius 3 is 2.74 bits per heavy atom. The van der Waals surface area contributed by atoms with Crippen LogP contribution in [-0.4, -0.2) is 34.9 Å². The lowest BCUT2D eigenvalue weighted by Crippen LogP contribution is -2.18. The number of anilines is 1. The second-order valence-corrected chi connectivity index (χ2v) is 10.6. The lowest BCUT2D eigenvalue weighted by molar-refractivity contribution is 0.103. The maximum atomic E-state index is 15.2. The van der Waals surface area contributed by atoms with Crippen molar-refractivity contribution in [2.24, 2.45) is 0 Å². The molecule has 2 N–H and O–H groups in total. The summed E-state index contributed by atoms with van der Waals surface area (Å²) < 4.78 is 57.1. The fraction of sp³-hybridized carbons (Fsp3) is 0.125. The van der Waals surface area contributed by atoms with Gasteiger partial charge in [-0.2, -0.15) is 0 Å². The van der Waals surface area contributed by atoms with Crippen LogP contribution in [0, 0.1) is 11.6 Å². The number of aromatic amines is 1. The first-order chi connectivity index (χ1) is 16.8. The average molecular weight is 513 g/mol. The second-order valence-electron chi connectivity index (χ2n) is 7.89. The Balaban J connectivity index is 1.57. The van der Waals surface area contributed by atoms with E-state index in [9.17, 15) is 17.6 Å². The maximum Gasteiger partial charge on any atom is 0.232 e. The Morgan fingerprint density at radius 1 is 1.11 bits per heavy atom. The molecule has 0 saturated carbocycles. The van der Waals surface area contributed by atoms with Crippen molar-refractivity contribution in [1.82, 2.24) is 15.0 Å². The Morgan fingerprint density at radius 2 is 1.94 bits per heavy atom. The zero-order valence-corrected chi connectivity index (χ0v) is 19.9. The Labute approximate surface area is 202 Å². The first-order valence-electron chi connectivity index (χ1n) is 10.6. The Bertz CT molecular complexity index is 1710. The molecule has 0 aliphatic carbocycles. The largest absolute Gasteiger partial charge is 0.345 e. The molecule has 5 rings (SSSR count). The molecule has 178 valence electrons. The van der Waals surface area contributed by atoms with Crippen LogP contribution in [0.4, 0.5) is 14.5 Å². The molecule has 0 atom stereocenters. The number of hydrogen-bond acceptors (Lipinski definition) is 6. The van der Waals surface area contributed by atoms with Crippen molar-refractivity contribution < 1.29 is 22.0 Å². The van der Waals surface area contributed by atoms with E-state index in [0.717, 1.165) is 27.9 Å². The number of carbonyl (C=O) groups is 1. The van der Waals surface area contributed by atoms with Gasteiger partial charge >= 0.3 is 0 Å². The molecule has 0 unspecified atom stereocenters. The van der Waals surface area contributed by atoms with Gasteiger partial charge in [-0.1, -0.05) is 13.0 Å². The highest BCUT2D eigenvalue weighted by Gasteiger charge is 2.26. The number of halogens is 2. The highest BCUT2D eigenvalue weighted by Crippen LogP contribution is 2.31. The monoisotopic (exact) mass is 512 g/mol. The van der Waals surface area contributed by atoms with Gasteiger partial charge in [0.05, 0.1) is 32.7 Å². The summed E-state index contributed by atoms with van der Waals surface area (Å²) in [6.45, 7) is 1.66. The molecule has 3 heterocycles. The standard InChI is InChI=1S/C24H18F2N4O3S2/c1-2-7-35(32,33)30-18-5-4-17(25)21(22(18)26)23(31)16-11-28-24-15(16)8-14(10-27-24)13-3-6-20-19(9-13)29-12-34-20/h3-6,8-12,30H,2,7H2,1H3,(H,27,28). The number of aromatic nitrogens is 3. The van der Waals surface area contributed by atoms with E-state index >= 15 is 4.39 Å². The second kappa shape index (κ2) is 8.82. The highest BCUT2D eigenvalue weighted by atomic mass is 32.2. The van der Waals surface area contributed by atoms with E-state index in [-0.39, 0.29) is 11.3 Å². The van der Waals surface area contributed by atoms with Crippen LogP contribution in [-0.2, 0) is 10.0 Å². The van der Waals surface area contributed by atoms with Crippen LogP contribution in [0.3, 0.4) is 0 Å². The fourth-order valence-electron chi connectivity index (χ4n) is 3.85. The predicted octanol–water partition coefficient (Wildman–Crippen LogP) is 5.50. The van der Waals surface area contributed by atoms with E-state index < -0.39 is 38.7 Å². The van der Waals surface area contributed by atoms with Crippen molar-refractivity contribution in [2.45, 2.75) is 13.3 Å². The molecule has 5 aromatic rings. The number of rotatable bonds is 7. The molecule has 3 aromatic heterocycles. The number of hydrogen-bond donors (Lipinski definition) is 2. The van der Waals surface area contributed by atoms with E-state index in [1.807, 2.05) is 18.2 Å². The smallest absolute Gasteiger partial charge is 0.232 e. The van der Waals surface area contributed by atoms with E-state index in [4.69, 9.17) is 0 Å². The van der Waals surface area contributed by atoms with E-state index in [1.165, 1.54) is 17.5 Å². The Kier molecular flexibility index (Phi) is 5.81. The van der Waals surface area contributed by atoms with Gasteiger partial charge in [0.1, 0.15) is 11.5 Å². The number of carbonyl (C=O) groups excluding carboxylic acids is 1. The first-order valence-corrected chi connectivity index (χ1v) is 13.1. The molecular weight excluding hydrogens is 494 g/mol. The van der Waals surface area contributed by atoms with Crippen molar-refractivity contribution >= 4 is 54.1 Å². The lowest BCUT2D eigenvalue weighted by atomic mass is 10.00. The summed E-state index contributed by atoms with van der Waals surface area (Å²) in [7, 11) is -3.84. The lowest BCUT2D eigenvalue weighted by Gasteiger charge is -2.11. The summed E-state index contributed by atoms with van der Waals surface area (Å²) in [5, 5.41) is 0.377. The molecule has 0 radical (unpaired) electrons. The molecule has 0 fully saturated rings. The summed E-state index contributed by atoms with van der Waals surface area (Å²) in [4.78, 5) is 24.8. The third-order valence-electron chi connectivity index (χ3n) is 5.50. The molecule has 7 nitrogen and oxygen atoms in total. The fourth-order valence-corrected chi connectivity index (χ4v) is 5.64. The van der Waals surface area contributed by atoms with Gasteiger partial charge < -0.3 is 4.98 Å². The van der Waals surface area contributed by atoms with Crippen LogP contribution in [0.5, 0.6) is 0 Å². The number of ketones is 1. The number of nitrogens with zero attached hydrogens (tertiary/aromatic N) is 2. The minimum atomic E-state index is -3.84. The third-order valence-corrected chi connectivity index (χ3v) is 7.78. The molecule has 2 aromatic carbocycles. The van der Waals surface area contributed by atoms with Gasteiger partial charge in [0.25, 0.3) is 0 Å². The minimum absolute atomic E-state index is 0.00968. The van der Waals surface area contributed by atoms with Crippen molar-refractivity contribution in [3.05, 3.63) is 77.1 Å². The number of nitrogens with one attached hydrogen (secondary N) is 2. The molecule has 0 aliphatic rings. The Hall–Kier alpha value is -3.70. The van der Waals surface area contributed by atoms with E-state index in [0.29, 0.717) is 23.0 Å². The van der Waals surface area contributed by atoms with Gasteiger partial charge in [-0.15, -0.1) is 11.3 Å². The molecule has 0 saturated heterocycles. The molecule has 0 bridgehead atoms. The molecule has 11 heteroatoms. The van der Waals surface area contributed by atoms with Crippen molar-refractivity contribution in [1.29, 1.82) is 0 Å². The van der Waals surface area contributed by atoms with Gasteiger partial charge in [-0.25, -0.2) is 27.2 Å². The van der Waals surface area contributed by atoms with Gasteiger partial charge in [-0.05, 0) is 42.3 Å². The number of fused-ring (bicyclic) bond motifs is 2. The van der Waals surface area contributed by atoms with Gasteiger partial charge in [0.15, 0.2) is 5.82 Å². The molecule has 0 amide bonds. The predicted molar refractivity (Wildman–Crippen MR) is 132 cm³/mol. The van der Waals surface area contributed by atoms with Crippen LogP contribution < -0.4 is 4.72 Å². The van der Waals surface area contributed by atoms with Crippen LogP contribution in [0.1, 0.15) is 29.3 Å². The zero-order valence-electron chi connectivity index (χ0n) is 18.3. The average Bonchev–Trinajstić information content (AvgIpc) is 3.46. The van der Waals surface area contributed by atoms with Crippen LogP contribution in [0.2, 0.25) is 0 Å². The summed E-state index contributed by atoms with van der Waals surface area (Å²) in [6.07, 6.45) is 3.27. The number of pyridine rings is 1. The summed E-state index contributed by atoms with van der Waals surface area (Å²) >= 11 is 1.52. The van der Waals surface area contributed by atoms with E-state index in [1.54, 1.807) is 24.7 Å². The molecule has 35 heavy (non-hydrogen) atoms. The van der Waals surface area contributed by atoms with Crippen LogP contribution >= 0.6 is 11.3 Å². The SMILES string of the molecule is CCCS(=O)(=O)Nc1ccc(F)c(C(=O)c2c[nH]c3ncc(-c4ccc5scnc5c4)cc23)c1F. The van der Waals surface area contributed by atoms with Crippen molar-refractivity contribution in [2.75, 3.05) is 10.5 Å². The molecular formula is C24H18F2N4O3S2. The van der Waals surface area contributed by atoms with Crippen molar-refractivity contribution in [3.63, 3.8) is 0 Å². The number of thiazole rings is 1. The highest BCUT2D eigenvalue weighted by molar-refractivity contribution is 7.92. The quantitative estimate of drug-likeness (QED) is 0.280. The number of H-pyrrole nitrogens is 1. The van der Waals surface area contributed by atoms with Gasteiger partial charge in [0.2, 0.25) is 15.8 Å². The van der Waals surface area contributed by atoms with Crippen LogP contribution in [0.25, 0.3) is 32.4 Å². The van der Waals surface area contributed by atoms with Gasteiger partial charge in [0, 0.05) is 28.9 Å². The molecule has 0 spiro atoms. The number of sulfonamides is 1. The van der Waals surface area contributed by atoms with Crippen molar-refractivity contribution in [3.8, 4) is 11.1 Å². The van der Waals surface area contributed by atoms with E-state index in [2.05, 4.69) is 19.7 Å². The summed E-state index contributed by atoms with van der Waals surface area (Å²) in [5.74, 6) is -3.55. The minimum Gasteiger partial charge on any atom is -0.345 e. The van der Waals surface area contributed by atoms with Crippen LogP contribution in [0.15, 0.2) is 54.3 Å². The summed E-state index contributed by atoms with van der Waals surface area (Å²) in [6, 6.07) is 9.27. The normalized spacial score (nSPS) is 11.9. The maximum absolute atomic E-state index is 15.2. The third kappa shape index (κ3) is 4.28. The topological polar surface area (TPSA) is 105 Å². The van der Waals surface area contributed by atoms with Gasteiger partial charge in [-0.3, -0.25) is 9.52 Å². The summed E-state index contributed by atoms with van der Waals surface area (Å²) in [5.41, 5.74) is 3.13. The molecule has 0 aliphatic heterocycles. The zero-order chi connectivity index (χ0) is 24.7.